The van der Waals surface area contributed by atoms with Gasteiger partial charge < -0.3 is 4.90 Å². The van der Waals surface area contributed by atoms with E-state index < -0.39 is 0 Å². The molecule has 0 aliphatic carbocycles. The van der Waals surface area contributed by atoms with Crippen molar-refractivity contribution in [2.45, 2.75) is 13.0 Å². The molecule has 6 nitrogen and oxygen atoms in total. The van der Waals surface area contributed by atoms with Gasteiger partial charge in [0.25, 0.3) is 11.5 Å². The van der Waals surface area contributed by atoms with E-state index in [0.717, 1.165) is 16.3 Å². The second-order valence-electron chi connectivity index (χ2n) is 8.53. The lowest BCUT2D eigenvalue weighted by molar-refractivity contribution is 0.0574. The van der Waals surface area contributed by atoms with Crippen LogP contribution in [-0.4, -0.2) is 51.4 Å². The Balaban J connectivity index is 1.35. The smallest absolute Gasteiger partial charge is 0.261 e. The molecule has 1 aliphatic rings. The molecular weight excluding hydrogens is 436 g/mol. The third-order valence-electron chi connectivity index (χ3n) is 6.62. The summed E-state index contributed by atoms with van der Waals surface area (Å²) in [5.74, 6) is 0.758. The molecule has 0 bridgehead atoms. The standard InChI is InChI=1S/C26H25ClN4O2/c1-17(24-28-23-16-19(27)10-11-22(23)25(32)29(24)2)30-12-14-31(15-13-30)26(33)21-9-5-7-18-6-3-4-8-20(18)21/h3-11,16-17H,12-15H2,1-2H3. The number of carbonyl (C=O) groups is 1. The summed E-state index contributed by atoms with van der Waals surface area (Å²) < 4.78 is 1.62. The number of hydrogen-bond acceptors (Lipinski definition) is 4. The first kappa shape index (κ1) is 21.6. The van der Waals surface area contributed by atoms with Gasteiger partial charge >= 0.3 is 0 Å². The van der Waals surface area contributed by atoms with Gasteiger partial charge in [-0.1, -0.05) is 48.0 Å². The van der Waals surface area contributed by atoms with Gasteiger partial charge in [-0.3, -0.25) is 19.1 Å². The van der Waals surface area contributed by atoms with Crippen molar-refractivity contribution >= 4 is 39.2 Å². The SMILES string of the molecule is CC(c1nc2cc(Cl)ccc2c(=O)n1C)N1CCN(C(=O)c2cccc3ccccc23)CC1. The van der Waals surface area contributed by atoms with Crippen molar-refractivity contribution in [1.82, 2.24) is 19.4 Å². The highest BCUT2D eigenvalue weighted by atomic mass is 35.5. The highest BCUT2D eigenvalue weighted by molar-refractivity contribution is 6.31. The number of rotatable bonds is 3. The minimum Gasteiger partial charge on any atom is -0.336 e. The van der Waals surface area contributed by atoms with Gasteiger partial charge in [-0.2, -0.15) is 0 Å². The van der Waals surface area contributed by atoms with Crippen molar-refractivity contribution in [1.29, 1.82) is 0 Å². The quantitative estimate of drug-likeness (QED) is 0.458. The fourth-order valence-corrected chi connectivity index (χ4v) is 4.86. The van der Waals surface area contributed by atoms with Crippen LogP contribution in [0.3, 0.4) is 0 Å². The average molecular weight is 461 g/mol. The zero-order chi connectivity index (χ0) is 23.1. The lowest BCUT2D eigenvalue weighted by atomic mass is 10.0. The fraction of sp³-hybridized carbons (Fsp3) is 0.269. The van der Waals surface area contributed by atoms with Gasteiger partial charge in [0.2, 0.25) is 0 Å². The Hall–Kier alpha value is -3.22. The van der Waals surface area contributed by atoms with Crippen molar-refractivity contribution < 1.29 is 4.79 Å². The summed E-state index contributed by atoms with van der Waals surface area (Å²) >= 11 is 6.13. The first-order valence-electron chi connectivity index (χ1n) is 11.1. The van der Waals surface area contributed by atoms with Gasteiger partial charge in [0.05, 0.1) is 16.9 Å². The molecule has 0 spiro atoms. The van der Waals surface area contributed by atoms with Crippen molar-refractivity contribution in [2.75, 3.05) is 26.2 Å². The molecule has 168 valence electrons. The molecule has 0 radical (unpaired) electrons. The van der Waals surface area contributed by atoms with Gasteiger partial charge in [-0.15, -0.1) is 0 Å². The van der Waals surface area contributed by atoms with Gasteiger partial charge in [-0.25, -0.2) is 4.98 Å². The molecule has 1 aliphatic heterocycles. The largest absolute Gasteiger partial charge is 0.336 e. The summed E-state index contributed by atoms with van der Waals surface area (Å²) in [7, 11) is 1.76. The Kier molecular flexibility index (Phi) is 5.64. The van der Waals surface area contributed by atoms with Crippen LogP contribution in [0, 0.1) is 0 Å². The van der Waals surface area contributed by atoms with Crippen LogP contribution in [-0.2, 0) is 7.05 Å². The molecule has 0 saturated carbocycles. The molecule has 1 aromatic heterocycles. The van der Waals surface area contributed by atoms with Crippen LogP contribution in [0.15, 0.2) is 65.5 Å². The number of aromatic nitrogens is 2. The van der Waals surface area contributed by atoms with E-state index in [2.05, 4.69) is 11.8 Å². The van der Waals surface area contributed by atoms with Crippen LogP contribution in [0.4, 0.5) is 0 Å². The van der Waals surface area contributed by atoms with Crippen molar-refractivity contribution in [3.8, 4) is 0 Å². The minimum atomic E-state index is -0.0803. The predicted octanol–water partition coefficient (Wildman–Crippen LogP) is 4.26. The van der Waals surface area contributed by atoms with Crippen LogP contribution < -0.4 is 5.56 Å². The normalized spacial score (nSPS) is 15.8. The lowest BCUT2D eigenvalue weighted by Crippen LogP contribution is -2.50. The molecule has 3 aromatic carbocycles. The summed E-state index contributed by atoms with van der Waals surface area (Å²) in [6, 6.07) is 18.9. The summed E-state index contributed by atoms with van der Waals surface area (Å²) in [5, 5.41) is 3.17. The zero-order valence-electron chi connectivity index (χ0n) is 18.7. The topological polar surface area (TPSA) is 58.4 Å². The van der Waals surface area contributed by atoms with E-state index in [-0.39, 0.29) is 17.5 Å². The Labute approximate surface area is 197 Å². The molecule has 5 rings (SSSR count). The maximum Gasteiger partial charge on any atom is 0.261 e. The van der Waals surface area contributed by atoms with Crippen LogP contribution in [0.5, 0.6) is 0 Å². The van der Waals surface area contributed by atoms with Crippen molar-refractivity contribution in [2.24, 2.45) is 7.05 Å². The summed E-state index contributed by atoms with van der Waals surface area (Å²) in [6.45, 7) is 4.72. The molecule has 2 heterocycles. The second-order valence-corrected chi connectivity index (χ2v) is 8.96. The van der Waals surface area contributed by atoms with E-state index in [9.17, 15) is 9.59 Å². The molecule has 1 fully saturated rings. The Morgan fingerprint density at radius 1 is 0.970 bits per heavy atom. The zero-order valence-corrected chi connectivity index (χ0v) is 19.4. The van der Waals surface area contributed by atoms with Gasteiger partial charge in [0.15, 0.2) is 0 Å². The molecule has 7 heteroatoms. The molecule has 1 amide bonds. The summed E-state index contributed by atoms with van der Waals surface area (Å²) in [4.78, 5) is 35.1. The molecule has 33 heavy (non-hydrogen) atoms. The Morgan fingerprint density at radius 3 is 2.48 bits per heavy atom. The average Bonchev–Trinajstić information content (AvgIpc) is 2.85. The van der Waals surface area contributed by atoms with Crippen LogP contribution in [0.25, 0.3) is 21.7 Å². The number of benzene rings is 3. The van der Waals surface area contributed by atoms with Crippen LogP contribution in [0.2, 0.25) is 5.02 Å². The van der Waals surface area contributed by atoms with Gasteiger partial charge in [-0.05, 0) is 42.0 Å². The number of hydrogen-bond donors (Lipinski definition) is 0. The molecule has 1 unspecified atom stereocenters. The van der Waals surface area contributed by atoms with E-state index >= 15 is 0 Å². The van der Waals surface area contributed by atoms with Crippen LogP contribution in [0.1, 0.15) is 29.1 Å². The molecular formula is C26H25ClN4O2. The van der Waals surface area contributed by atoms with E-state index in [1.807, 2.05) is 47.4 Å². The van der Waals surface area contributed by atoms with E-state index in [1.54, 1.807) is 29.8 Å². The number of carbonyl (C=O) groups excluding carboxylic acids is 1. The maximum absolute atomic E-state index is 13.3. The lowest BCUT2D eigenvalue weighted by Gasteiger charge is -2.38. The second kappa shape index (κ2) is 8.61. The third kappa shape index (κ3) is 3.90. The number of piperazine rings is 1. The molecule has 1 saturated heterocycles. The number of halogens is 1. The van der Waals surface area contributed by atoms with E-state index in [0.29, 0.717) is 47.9 Å². The van der Waals surface area contributed by atoms with E-state index in [1.165, 1.54) is 0 Å². The molecule has 4 aromatic rings. The number of nitrogens with zero attached hydrogens (tertiary/aromatic N) is 4. The first-order valence-corrected chi connectivity index (χ1v) is 11.5. The Morgan fingerprint density at radius 2 is 1.70 bits per heavy atom. The predicted molar refractivity (Wildman–Crippen MR) is 132 cm³/mol. The molecule has 1 atom stereocenters. The molecule has 0 N–H and O–H groups in total. The monoisotopic (exact) mass is 460 g/mol. The highest BCUT2D eigenvalue weighted by Gasteiger charge is 2.28. The number of fused-ring (bicyclic) bond motifs is 2. The fourth-order valence-electron chi connectivity index (χ4n) is 4.69. The minimum absolute atomic E-state index is 0.0602. The third-order valence-corrected chi connectivity index (χ3v) is 6.85. The van der Waals surface area contributed by atoms with Crippen LogP contribution >= 0.6 is 11.6 Å². The van der Waals surface area contributed by atoms with Crippen molar-refractivity contribution in [3.63, 3.8) is 0 Å². The van der Waals surface area contributed by atoms with Crippen molar-refractivity contribution in [3.05, 3.63) is 87.4 Å². The van der Waals surface area contributed by atoms with Gasteiger partial charge in [0, 0.05) is 43.8 Å². The first-order chi connectivity index (χ1) is 15.9. The maximum atomic E-state index is 13.3. The highest BCUT2D eigenvalue weighted by Crippen LogP contribution is 2.24. The number of amides is 1. The Bertz CT molecular complexity index is 1420. The van der Waals surface area contributed by atoms with Gasteiger partial charge in [0.1, 0.15) is 5.82 Å². The summed E-state index contributed by atoms with van der Waals surface area (Å²) in [6.07, 6.45) is 0. The van der Waals surface area contributed by atoms with E-state index in [4.69, 9.17) is 16.6 Å². The summed E-state index contributed by atoms with van der Waals surface area (Å²) in [5.41, 5.74) is 1.27.